The van der Waals surface area contributed by atoms with E-state index < -0.39 is 10.9 Å². The van der Waals surface area contributed by atoms with Crippen LogP contribution in [-0.2, 0) is 9.59 Å². The zero-order valence-corrected chi connectivity index (χ0v) is 11.8. The van der Waals surface area contributed by atoms with E-state index in [9.17, 15) is 19.7 Å². The summed E-state index contributed by atoms with van der Waals surface area (Å²) in [4.78, 5) is 31.0. The van der Waals surface area contributed by atoms with Gasteiger partial charge in [-0.3, -0.25) is 19.7 Å². The molecule has 1 heterocycles. The van der Waals surface area contributed by atoms with Gasteiger partial charge in [0.05, 0.1) is 17.5 Å². The number of non-ortho nitro benzene ring substituents is 1. The van der Waals surface area contributed by atoms with Crippen LogP contribution in [0.2, 0.25) is 0 Å². The van der Waals surface area contributed by atoms with Gasteiger partial charge in [0, 0.05) is 17.8 Å². The summed E-state index contributed by atoms with van der Waals surface area (Å²) in [5, 5.41) is 23.9. The van der Waals surface area contributed by atoms with Crippen molar-refractivity contribution < 1.29 is 19.6 Å². The molecule has 0 unspecified atom stereocenters. The van der Waals surface area contributed by atoms with Crippen LogP contribution in [-0.4, -0.2) is 41.0 Å². The second-order valence-corrected chi connectivity index (χ2v) is 4.54. The predicted molar refractivity (Wildman–Crippen MR) is 79.4 cm³/mol. The van der Waals surface area contributed by atoms with E-state index in [1.165, 1.54) is 24.3 Å². The van der Waals surface area contributed by atoms with Gasteiger partial charge in [-0.1, -0.05) is 0 Å². The number of anilines is 1. The monoisotopic (exact) mass is 310 g/mol. The molecule has 5 N–H and O–H groups in total. The molecule has 1 aliphatic rings. The molecule has 0 radical (unpaired) electrons. The Morgan fingerprint density at radius 1 is 1.41 bits per heavy atom. The number of amides is 1. The molecule has 0 saturated carbocycles. The van der Waals surface area contributed by atoms with E-state index in [0.717, 1.165) is 19.4 Å². The average molecular weight is 310 g/mol. The molecule has 0 aromatic heterocycles. The van der Waals surface area contributed by atoms with Gasteiger partial charge in [0.2, 0.25) is 5.91 Å². The topological polar surface area (TPSA) is 148 Å². The Hall–Kier alpha value is -2.52. The summed E-state index contributed by atoms with van der Waals surface area (Å²) in [6.45, 7) is 0.582. The number of rotatable bonds is 4. The summed E-state index contributed by atoms with van der Waals surface area (Å²) in [6, 6.07) is 5.66. The zero-order chi connectivity index (χ0) is 16.5. The van der Waals surface area contributed by atoms with Crippen molar-refractivity contribution in [1.82, 2.24) is 5.32 Å². The second-order valence-electron chi connectivity index (χ2n) is 4.54. The number of nitro benzene ring substituents is 1. The number of nitrogens with one attached hydrogen (secondary N) is 2. The maximum absolute atomic E-state index is 11.7. The molecule has 2 rings (SSSR count). The largest absolute Gasteiger partial charge is 0.480 e. The van der Waals surface area contributed by atoms with Gasteiger partial charge in [-0.25, -0.2) is 0 Å². The standard InChI is InChI=1S/C11H13N3O3.C2H5NO2/c15-11(10-2-1-7-12-10)13-8-3-5-9(6-4-8)14(16)17;3-1-2(4)5/h3-6,10,12H,1-2,7H2,(H,13,15);1,3H2,(H,4,5)/t10-;/m0./s1. The lowest BCUT2D eigenvalue weighted by atomic mass is 10.2. The number of benzene rings is 1. The van der Waals surface area contributed by atoms with Crippen molar-refractivity contribution in [2.24, 2.45) is 5.73 Å². The molecule has 1 aromatic rings. The van der Waals surface area contributed by atoms with E-state index in [0.29, 0.717) is 5.69 Å². The lowest BCUT2D eigenvalue weighted by Crippen LogP contribution is -2.35. The third-order valence-corrected chi connectivity index (χ3v) is 2.90. The summed E-state index contributed by atoms with van der Waals surface area (Å²) in [6.07, 6.45) is 1.83. The smallest absolute Gasteiger partial charge is 0.317 e. The summed E-state index contributed by atoms with van der Waals surface area (Å²) in [7, 11) is 0. The van der Waals surface area contributed by atoms with Crippen LogP contribution in [0.15, 0.2) is 24.3 Å². The van der Waals surface area contributed by atoms with Crippen LogP contribution >= 0.6 is 0 Å². The Bertz CT molecular complexity index is 526. The molecule has 1 atom stereocenters. The van der Waals surface area contributed by atoms with Gasteiger partial charge < -0.3 is 21.5 Å². The molecular formula is C13H18N4O5. The van der Waals surface area contributed by atoms with Crippen molar-refractivity contribution in [2.45, 2.75) is 18.9 Å². The van der Waals surface area contributed by atoms with Gasteiger partial charge in [0.25, 0.3) is 5.69 Å². The molecule has 0 bridgehead atoms. The number of carboxylic acids is 1. The highest BCUT2D eigenvalue weighted by atomic mass is 16.6. The van der Waals surface area contributed by atoms with E-state index >= 15 is 0 Å². The molecule has 1 aliphatic heterocycles. The van der Waals surface area contributed by atoms with Crippen molar-refractivity contribution in [3.05, 3.63) is 34.4 Å². The first-order chi connectivity index (χ1) is 10.4. The number of nitrogens with two attached hydrogens (primary N) is 1. The van der Waals surface area contributed by atoms with Crippen molar-refractivity contribution in [3.8, 4) is 0 Å². The van der Waals surface area contributed by atoms with Crippen LogP contribution in [0.4, 0.5) is 11.4 Å². The lowest BCUT2D eigenvalue weighted by Gasteiger charge is -2.10. The highest BCUT2D eigenvalue weighted by Crippen LogP contribution is 2.16. The second kappa shape index (κ2) is 8.70. The summed E-state index contributed by atoms with van der Waals surface area (Å²) < 4.78 is 0. The Balaban J connectivity index is 0.000000422. The first-order valence-corrected chi connectivity index (χ1v) is 6.64. The Kier molecular flexibility index (Phi) is 6.93. The molecule has 9 heteroatoms. The Morgan fingerprint density at radius 3 is 2.41 bits per heavy atom. The summed E-state index contributed by atoms with van der Waals surface area (Å²) >= 11 is 0. The van der Waals surface area contributed by atoms with Crippen molar-refractivity contribution in [1.29, 1.82) is 0 Å². The average Bonchev–Trinajstić information content (AvgIpc) is 3.02. The van der Waals surface area contributed by atoms with Crippen LogP contribution in [0.1, 0.15) is 12.8 Å². The van der Waals surface area contributed by atoms with Crippen LogP contribution in [0.3, 0.4) is 0 Å². The fraction of sp³-hybridized carbons (Fsp3) is 0.385. The van der Waals surface area contributed by atoms with Gasteiger partial charge in [-0.2, -0.15) is 0 Å². The lowest BCUT2D eigenvalue weighted by molar-refractivity contribution is -0.384. The highest BCUT2D eigenvalue weighted by molar-refractivity contribution is 5.95. The van der Waals surface area contributed by atoms with E-state index in [1.807, 2.05) is 0 Å². The van der Waals surface area contributed by atoms with E-state index in [1.54, 1.807) is 0 Å². The highest BCUT2D eigenvalue weighted by Gasteiger charge is 2.21. The van der Waals surface area contributed by atoms with E-state index in [4.69, 9.17) is 5.11 Å². The molecule has 1 saturated heterocycles. The fourth-order valence-corrected chi connectivity index (χ4v) is 1.80. The summed E-state index contributed by atoms with van der Waals surface area (Å²) in [5.41, 5.74) is 5.17. The van der Waals surface area contributed by atoms with Crippen LogP contribution in [0.5, 0.6) is 0 Å². The number of nitro groups is 1. The normalized spacial score (nSPS) is 16.3. The minimum Gasteiger partial charge on any atom is -0.480 e. The quantitative estimate of drug-likeness (QED) is 0.462. The van der Waals surface area contributed by atoms with E-state index in [2.05, 4.69) is 16.4 Å². The first kappa shape index (κ1) is 17.5. The molecule has 9 nitrogen and oxygen atoms in total. The molecule has 22 heavy (non-hydrogen) atoms. The first-order valence-electron chi connectivity index (χ1n) is 6.64. The predicted octanol–water partition coefficient (Wildman–Crippen LogP) is 0.315. The third-order valence-electron chi connectivity index (χ3n) is 2.90. The van der Waals surface area contributed by atoms with Crippen molar-refractivity contribution in [2.75, 3.05) is 18.4 Å². The van der Waals surface area contributed by atoms with Gasteiger partial charge in [-0.05, 0) is 31.5 Å². The van der Waals surface area contributed by atoms with Gasteiger partial charge in [0.1, 0.15) is 0 Å². The van der Waals surface area contributed by atoms with Crippen LogP contribution in [0, 0.1) is 10.1 Å². The van der Waals surface area contributed by atoms with Crippen LogP contribution in [0.25, 0.3) is 0 Å². The Labute approximate surface area is 126 Å². The number of hydrogen-bond donors (Lipinski definition) is 4. The minimum atomic E-state index is -0.968. The van der Waals surface area contributed by atoms with Gasteiger partial charge >= 0.3 is 5.97 Å². The SMILES string of the molecule is NCC(=O)O.O=C(Nc1ccc([N+](=O)[O-])cc1)[C@@H]1CCCN1. The molecular weight excluding hydrogens is 292 g/mol. The molecule has 1 aromatic carbocycles. The number of nitrogens with zero attached hydrogens (tertiary/aromatic N) is 1. The third kappa shape index (κ3) is 5.85. The number of carbonyl (C=O) groups is 2. The van der Waals surface area contributed by atoms with Crippen LogP contribution < -0.4 is 16.4 Å². The van der Waals surface area contributed by atoms with E-state index in [-0.39, 0.29) is 24.2 Å². The number of carbonyl (C=O) groups excluding carboxylic acids is 1. The van der Waals surface area contributed by atoms with Crippen molar-refractivity contribution >= 4 is 23.3 Å². The maximum atomic E-state index is 11.7. The minimum absolute atomic E-state index is 0.0157. The zero-order valence-electron chi connectivity index (χ0n) is 11.8. The van der Waals surface area contributed by atoms with Crippen molar-refractivity contribution in [3.63, 3.8) is 0 Å². The van der Waals surface area contributed by atoms with Gasteiger partial charge in [-0.15, -0.1) is 0 Å². The molecule has 1 amide bonds. The molecule has 0 spiro atoms. The number of carboxylic acid groups (broad SMARTS) is 1. The maximum Gasteiger partial charge on any atom is 0.317 e. The Morgan fingerprint density at radius 2 is 2.00 bits per heavy atom. The molecule has 120 valence electrons. The summed E-state index contributed by atoms with van der Waals surface area (Å²) in [5.74, 6) is -1.05. The number of aliphatic carboxylic acids is 1. The molecule has 1 fully saturated rings. The van der Waals surface area contributed by atoms with Gasteiger partial charge in [0.15, 0.2) is 0 Å². The molecule has 0 aliphatic carbocycles. The number of hydrogen-bond acceptors (Lipinski definition) is 6. The fourth-order valence-electron chi connectivity index (χ4n) is 1.80.